The molecule has 174 valence electrons. The van der Waals surface area contributed by atoms with E-state index in [9.17, 15) is 14.7 Å². The third kappa shape index (κ3) is 6.13. The molecular formula is C23H35BrN2O5. The van der Waals surface area contributed by atoms with Gasteiger partial charge in [0.1, 0.15) is 5.75 Å². The van der Waals surface area contributed by atoms with Gasteiger partial charge in [0.25, 0.3) is 0 Å². The predicted octanol–water partition coefficient (Wildman–Crippen LogP) is 4.17. The van der Waals surface area contributed by atoms with Gasteiger partial charge >= 0.3 is 6.09 Å². The summed E-state index contributed by atoms with van der Waals surface area (Å²) >= 11 is 3.49. The number of amides is 2. The normalized spacial score (nSPS) is 15.5. The van der Waals surface area contributed by atoms with Crippen molar-refractivity contribution in [2.24, 2.45) is 0 Å². The summed E-state index contributed by atoms with van der Waals surface area (Å²) in [6.07, 6.45) is 2.39. The first-order valence-electron chi connectivity index (χ1n) is 11.1. The fraction of sp³-hybridized carbons (Fsp3) is 0.652. The molecule has 0 aromatic heterocycles. The van der Waals surface area contributed by atoms with Gasteiger partial charge in [0.15, 0.2) is 0 Å². The van der Waals surface area contributed by atoms with Crippen molar-refractivity contribution in [1.29, 1.82) is 0 Å². The van der Waals surface area contributed by atoms with Gasteiger partial charge in [0.05, 0.1) is 29.7 Å². The zero-order chi connectivity index (χ0) is 23.0. The summed E-state index contributed by atoms with van der Waals surface area (Å²) < 4.78 is 11.3. The van der Waals surface area contributed by atoms with E-state index in [-0.39, 0.29) is 12.0 Å². The highest BCUT2D eigenvalue weighted by molar-refractivity contribution is 9.10. The van der Waals surface area contributed by atoms with Gasteiger partial charge in [0.2, 0.25) is 5.91 Å². The second-order valence-electron chi connectivity index (χ2n) is 7.92. The molecule has 0 radical (unpaired) electrons. The minimum Gasteiger partial charge on any atom is -0.496 e. The summed E-state index contributed by atoms with van der Waals surface area (Å²) in [7, 11) is 1.59. The Kier molecular flexibility index (Phi) is 9.62. The van der Waals surface area contributed by atoms with Crippen LogP contribution in [-0.2, 0) is 9.53 Å². The third-order valence-corrected chi connectivity index (χ3v) is 6.71. The fourth-order valence-corrected chi connectivity index (χ4v) is 4.45. The first kappa shape index (κ1) is 25.5. The Morgan fingerprint density at radius 3 is 2.26 bits per heavy atom. The van der Waals surface area contributed by atoms with Crippen LogP contribution in [-0.4, -0.2) is 72.4 Å². The van der Waals surface area contributed by atoms with Gasteiger partial charge in [-0.3, -0.25) is 4.79 Å². The maximum Gasteiger partial charge on any atom is 0.409 e. The zero-order valence-corrected chi connectivity index (χ0v) is 20.6. The Morgan fingerprint density at radius 2 is 1.74 bits per heavy atom. The first-order valence-corrected chi connectivity index (χ1v) is 11.9. The maximum absolute atomic E-state index is 13.6. The Bertz CT molecular complexity index is 745. The van der Waals surface area contributed by atoms with E-state index < -0.39 is 11.5 Å². The van der Waals surface area contributed by atoms with Crippen LogP contribution >= 0.6 is 15.9 Å². The van der Waals surface area contributed by atoms with E-state index in [0.717, 1.165) is 22.9 Å². The van der Waals surface area contributed by atoms with Crippen LogP contribution in [0.3, 0.4) is 0 Å². The molecule has 7 nitrogen and oxygen atoms in total. The standard InChI is InChI=1S/C23H35BrN2O5/c1-5-8-15-31-22(28)26-13-11-25(12-14-26)21(27)20(23(29,6-2)7-3)17-9-10-19(30-4)18(24)16-17/h9-10,16,20,29H,5-8,11-15H2,1-4H3. The number of methoxy groups -OCH3 is 1. The highest BCUT2D eigenvalue weighted by Gasteiger charge is 2.42. The molecule has 0 bridgehead atoms. The van der Waals surface area contributed by atoms with E-state index in [1.165, 1.54) is 0 Å². The lowest BCUT2D eigenvalue weighted by Crippen LogP contribution is -2.54. The number of carbonyl (C=O) groups is 2. The fourth-order valence-electron chi connectivity index (χ4n) is 3.89. The van der Waals surface area contributed by atoms with Gasteiger partial charge in [-0.25, -0.2) is 4.79 Å². The molecule has 1 unspecified atom stereocenters. The quantitative estimate of drug-likeness (QED) is 0.516. The van der Waals surface area contributed by atoms with Crippen LogP contribution in [0.2, 0.25) is 0 Å². The smallest absolute Gasteiger partial charge is 0.409 e. The average molecular weight is 499 g/mol. The van der Waals surface area contributed by atoms with E-state index in [1.807, 2.05) is 32.9 Å². The van der Waals surface area contributed by atoms with Gasteiger partial charge in [-0.05, 0) is 52.9 Å². The van der Waals surface area contributed by atoms with Crippen molar-refractivity contribution >= 4 is 27.9 Å². The monoisotopic (exact) mass is 498 g/mol. The van der Waals surface area contributed by atoms with Crippen molar-refractivity contribution in [1.82, 2.24) is 9.80 Å². The molecule has 2 amide bonds. The highest BCUT2D eigenvalue weighted by Crippen LogP contribution is 2.38. The third-order valence-electron chi connectivity index (χ3n) is 6.09. The van der Waals surface area contributed by atoms with Crippen molar-refractivity contribution in [3.8, 4) is 5.75 Å². The molecule has 0 aliphatic carbocycles. The molecule has 1 aliphatic rings. The number of unbranched alkanes of at least 4 members (excludes halogenated alkanes) is 1. The van der Waals surface area contributed by atoms with Crippen LogP contribution < -0.4 is 4.74 Å². The number of hydrogen-bond acceptors (Lipinski definition) is 5. The SMILES string of the molecule is CCCCOC(=O)N1CCN(C(=O)C(c2ccc(OC)c(Br)c2)C(O)(CC)CC)CC1. The number of halogens is 1. The van der Waals surface area contributed by atoms with Gasteiger partial charge in [-0.2, -0.15) is 0 Å². The molecule has 1 N–H and O–H groups in total. The van der Waals surface area contributed by atoms with Crippen molar-refractivity contribution in [3.05, 3.63) is 28.2 Å². The van der Waals surface area contributed by atoms with Gasteiger partial charge < -0.3 is 24.4 Å². The number of piperazine rings is 1. The molecule has 1 saturated heterocycles. The molecule has 0 spiro atoms. The van der Waals surface area contributed by atoms with Crippen molar-refractivity contribution in [3.63, 3.8) is 0 Å². The number of carbonyl (C=O) groups excluding carboxylic acids is 2. The maximum atomic E-state index is 13.6. The topological polar surface area (TPSA) is 79.3 Å². The summed E-state index contributed by atoms with van der Waals surface area (Å²) in [6, 6.07) is 5.48. The molecule has 1 heterocycles. The van der Waals surface area contributed by atoms with Crippen LogP contribution in [0.25, 0.3) is 0 Å². The number of ether oxygens (including phenoxy) is 2. The Morgan fingerprint density at radius 1 is 1.13 bits per heavy atom. The second-order valence-corrected chi connectivity index (χ2v) is 8.77. The molecule has 1 atom stereocenters. The predicted molar refractivity (Wildman–Crippen MR) is 123 cm³/mol. The van der Waals surface area contributed by atoms with Gasteiger partial charge in [-0.1, -0.05) is 33.3 Å². The van der Waals surface area contributed by atoms with Gasteiger partial charge in [-0.15, -0.1) is 0 Å². The summed E-state index contributed by atoms with van der Waals surface area (Å²) in [5, 5.41) is 11.3. The number of benzene rings is 1. The Hall–Kier alpha value is -1.80. The van der Waals surface area contributed by atoms with E-state index in [0.29, 0.717) is 51.4 Å². The largest absolute Gasteiger partial charge is 0.496 e. The van der Waals surface area contributed by atoms with Crippen molar-refractivity contribution < 1.29 is 24.2 Å². The number of hydrogen-bond donors (Lipinski definition) is 1. The lowest BCUT2D eigenvalue weighted by atomic mass is 9.77. The highest BCUT2D eigenvalue weighted by atomic mass is 79.9. The van der Waals surface area contributed by atoms with Crippen LogP contribution in [0, 0.1) is 0 Å². The zero-order valence-electron chi connectivity index (χ0n) is 19.0. The minimum absolute atomic E-state index is 0.123. The van der Waals surface area contributed by atoms with Gasteiger partial charge in [0, 0.05) is 26.2 Å². The summed E-state index contributed by atoms with van der Waals surface area (Å²) in [5.41, 5.74) is -0.424. The molecule has 0 saturated carbocycles. The van der Waals surface area contributed by atoms with Crippen molar-refractivity contribution in [2.45, 2.75) is 58.0 Å². The first-order chi connectivity index (χ1) is 14.8. The molecular weight excluding hydrogens is 464 g/mol. The summed E-state index contributed by atoms with van der Waals surface area (Å²) in [4.78, 5) is 29.2. The van der Waals surface area contributed by atoms with Crippen LogP contribution in [0.15, 0.2) is 22.7 Å². The molecule has 1 aromatic rings. The lowest BCUT2D eigenvalue weighted by Gasteiger charge is -2.40. The van der Waals surface area contributed by atoms with Crippen LogP contribution in [0.4, 0.5) is 4.79 Å². The van der Waals surface area contributed by atoms with E-state index in [4.69, 9.17) is 9.47 Å². The minimum atomic E-state index is -1.17. The number of rotatable bonds is 9. The average Bonchev–Trinajstić information content (AvgIpc) is 2.79. The summed E-state index contributed by atoms with van der Waals surface area (Å²) in [6.45, 7) is 7.93. The lowest BCUT2D eigenvalue weighted by molar-refractivity contribution is -0.142. The molecule has 31 heavy (non-hydrogen) atoms. The summed E-state index contributed by atoms with van der Waals surface area (Å²) in [5.74, 6) is -0.156. The number of aliphatic hydroxyl groups is 1. The Balaban J connectivity index is 2.18. The van der Waals surface area contributed by atoms with Crippen LogP contribution in [0.1, 0.15) is 57.9 Å². The molecule has 8 heteroatoms. The second kappa shape index (κ2) is 11.7. The Labute approximate surface area is 193 Å². The molecule has 1 aliphatic heterocycles. The van der Waals surface area contributed by atoms with Crippen LogP contribution in [0.5, 0.6) is 5.75 Å². The number of nitrogens with zero attached hydrogens (tertiary/aromatic N) is 2. The van der Waals surface area contributed by atoms with Crippen molar-refractivity contribution in [2.75, 3.05) is 39.9 Å². The van der Waals surface area contributed by atoms with E-state index >= 15 is 0 Å². The molecule has 2 rings (SSSR count). The van der Waals surface area contributed by atoms with E-state index in [2.05, 4.69) is 15.9 Å². The molecule has 1 fully saturated rings. The van der Waals surface area contributed by atoms with E-state index in [1.54, 1.807) is 23.0 Å². The molecule has 1 aromatic carbocycles.